The first kappa shape index (κ1) is 28.2. The van der Waals surface area contributed by atoms with E-state index in [4.69, 9.17) is 27.9 Å². The van der Waals surface area contributed by atoms with Gasteiger partial charge in [-0.05, 0) is 55.8 Å². The van der Waals surface area contributed by atoms with E-state index in [2.05, 4.69) is 5.32 Å². The molecule has 0 aromatic heterocycles. The predicted molar refractivity (Wildman–Crippen MR) is 149 cm³/mol. The summed E-state index contributed by atoms with van der Waals surface area (Å²) in [5.74, 6) is 1.27. The Morgan fingerprint density at radius 3 is 2.47 bits per heavy atom. The highest BCUT2D eigenvalue weighted by Crippen LogP contribution is 2.32. The van der Waals surface area contributed by atoms with Crippen molar-refractivity contribution >= 4 is 56.6 Å². The Labute approximate surface area is 227 Å². The molecule has 0 heterocycles. The number of nitrogens with zero attached hydrogens (tertiary/aromatic N) is 1. The first-order chi connectivity index (χ1) is 17.2. The summed E-state index contributed by atoms with van der Waals surface area (Å²) in [5.41, 5.74) is 2.20. The van der Waals surface area contributed by atoms with Crippen molar-refractivity contribution in [3.05, 3.63) is 87.9 Å². The van der Waals surface area contributed by atoms with Gasteiger partial charge in [0.05, 0.1) is 17.2 Å². The number of amides is 1. The average molecular weight is 568 g/mol. The summed E-state index contributed by atoms with van der Waals surface area (Å²) in [4.78, 5) is 12.9. The zero-order valence-electron chi connectivity index (χ0n) is 20.0. The summed E-state index contributed by atoms with van der Waals surface area (Å²) in [6.07, 6.45) is 0. The number of carbonyl (C=O) groups excluding carboxylic acids is 1. The Morgan fingerprint density at radius 2 is 1.78 bits per heavy atom. The second-order valence-corrected chi connectivity index (χ2v) is 11.7. The lowest BCUT2D eigenvalue weighted by Crippen LogP contribution is -2.41. The molecule has 0 aliphatic rings. The highest BCUT2D eigenvalue weighted by molar-refractivity contribution is 7.98. The van der Waals surface area contributed by atoms with E-state index < -0.39 is 15.9 Å². The van der Waals surface area contributed by atoms with Crippen LogP contribution in [-0.2, 0) is 20.6 Å². The first-order valence-electron chi connectivity index (χ1n) is 11.3. The van der Waals surface area contributed by atoms with Gasteiger partial charge in [-0.25, -0.2) is 8.42 Å². The number of anilines is 1. The normalized spacial score (nSPS) is 11.2. The van der Waals surface area contributed by atoms with Gasteiger partial charge in [-0.2, -0.15) is 11.8 Å². The molecule has 3 aromatic rings. The predicted octanol–water partition coefficient (Wildman–Crippen LogP) is 5.95. The van der Waals surface area contributed by atoms with Crippen LogP contribution in [0, 0.1) is 6.92 Å². The number of sulfonamides is 1. The molecule has 0 unspecified atom stereocenters. The Balaban J connectivity index is 1.70. The van der Waals surface area contributed by atoms with Crippen LogP contribution >= 0.6 is 35.0 Å². The third-order valence-electron chi connectivity index (χ3n) is 5.17. The number of halogens is 2. The van der Waals surface area contributed by atoms with E-state index >= 15 is 0 Å². The van der Waals surface area contributed by atoms with Crippen LogP contribution in [0.25, 0.3) is 0 Å². The van der Waals surface area contributed by atoms with Gasteiger partial charge in [0.15, 0.2) is 0 Å². The van der Waals surface area contributed by atoms with E-state index in [0.29, 0.717) is 46.1 Å². The zero-order valence-corrected chi connectivity index (χ0v) is 23.2. The highest BCUT2D eigenvalue weighted by Gasteiger charge is 2.29. The van der Waals surface area contributed by atoms with E-state index in [1.807, 2.05) is 19.9 Å². The second kappa shape index (κ2) is 13.2. The zero-order chi connectivity index (χ0) is 26.1. The summed E-state index contributed by atoms with van der Waals surface area (Å²) in [5, 5.41) is 4.00. The summed E-state index contributed by atoms with van der Waals surface area (Å²) in [6, 6.07) is 18.7. The molecule has 0 aliphatic heterocycles. The topological polar surface area (TPSA) is 75.7 Å². The number of aryl methyl sites for hydroxylation is 1. The molecule has 0 fully saturated rings. The number of hydrogen-bond acceptors (Lipinski definition) is 5. The monoisotopic (exact) mass is 566 g/mol. The molecule has 36 heavy (non-hydrogen) atoms. The number of hydrogen-bond donors (Lipinski definition) is 1. The lowest BCUT2D eigenvalue weighted by Gasteiger charge is -2.26. The number of rotatable bonds is 12. The third kappa shape index (κ3) is 7.56. The number of para-hydroxylation sites is 2. The molecular formula is C26H28Cl2N2O4S2. The van der Waals surface area contributed by atoms with Crippen LogP contribution < -0.4 is 14.4 Å². The highest BCUT2D eigenvalue weighted by atomic mass is 35.5. The SMILES string of the molecule is CCOc1ccccc1N(CC(=O)NCCSCc1ccc(Cl)cc1Cl)S(=O)(=O)c1ccc(C)cc1. The minimum Gasteiger partial charge on any atom is -0.492 e. The average Bonchev–Trinajstić information content (AvgIpc) is 2.84. The van der Waals surface area contributed by atoms with Crippen LogP contribution in [0.1, 0.15) is 18.1 Å². The maximum Gasteiger partial charge on any atom is 0.264 e. The van der Waals surface area contributed by atoms with Gasteiger partial charge in [0, 0.05) is 28.1 Å². The number of ether oxygens (including phenoxy) is 1. The maximum absolute atomic E-state index is 13.6. The van der Waals surface area contributed by atoms with E-state index in [-0.39, 0.29) is 11.4 Å². The van der Waals surface area contributed by atoms with Crippen molar-refractivity contribution in [1.29, 1.82) is 0 Å². The van der Waals surface area contributed by atoms with Crippen molar-refractivity contribution < 1.29 is 17.9 Å². The minimum absolute atomic E-state index is 0.0996. The molecule has 0 aliphatic carbocycles. The fourth-order valence-corrected chi connectivity index (χ4v) is 6.20. The molecule has 0 bridgehead atoms. The molecule has 3 rings (SSSR count). The van der Waals surface area contributed by atoms with Crippen molar-refractivity contribution in [2.75, 3.05) is 29.8 Å². The molecule has 1 N–H and O–H groups in total. The number of benzene rings is 3. The van der Waals surface area contributed by atoms with Crippen LogP contribution in [0.2, 0.25) is 10.0 Å². The lowest BCUT2D eigenvalue weighted by molar-refractivity contribution is -0.119. The van der Waals surface area contributed by atoms with Crippen molar-refractivity contribution in [3.63, 3.8) is 0 Å². The molecule has 0 atom stereocenters. The number of carbonyl (C=O) groups is 1. The van der Waals surface area contributed by atoms with Gasteiger partial charge in [-0.3, -0.25) is 9.10 Å². The second-order valence-electron chi connectivity index (χ2n) is 7.86. The maximum atomic E-state index is 13.6. The Bertz CT molecular complexity index is 1290. The van der Waals surface area contributed by atoms with Gasteiger partial charge >= 0.3 is 0 Å². The molecule has 1 amide bonds. The van der Waals surface area contributed by atoms with Crippen molar-refractivity contribution in [1.82, 2.24) is 5.32 Å². The van der Waals surface area contributed by atoms with Gasteiger partial charge in [-0.15, -0.1) is 0 Å². The summed E-state index contributed by atoms with van der Waals surface area (Å²) in [6.45, 7) is 4.05. The fourth-order valence-electron chi connectivity index (χ4n) is 3.35. The Kier molecular flexibility index (Phi) is 10.4. The molecule has 6 nitrogen and oxygen atoms in total. The van der Waals surface area contributed by atoms with Gasteiger partial charge in [0.2, 0.25) is 5.91 Å². The third-order valence-corrected chi connectivity index (χ3v) is 8.54. The molecule has 192 valence electrons. The summed E-state index contributed by atoms with van der Waals surface area (Å²) in [7, 11) is -4.02. The van der Waals surface area contributed by atoms with Gasteiger partial charge in [0.25, 0.3) is 10.0 Å². The molecule has 10 heteroatoms. The Morgan fingerprint density at radius 1 is 1.06 bits per heavy atom. The van der Waals surface area contributed by atoms with Crippen LogP contribution in [0.5, 0.6) is 5.75 Å². The largest absolute Gasteiger partial charge is 0.492 e. The molecule has 0 spiro atoms. The van der Waals surface area contributed by atoms with E-state index in [1.54, 1.807) is 60.3 Å². The van der Waals surface area contributed by atoms with E-state index in [9.17, 15) is 13.2 Å². The standard InChI is InChI=1S/C26H28Cl2N2O4S2/c1-3-34-25-7-5-4-6-24(25)30(36(32,33)22-12-8-19(2)9-13-22)17-26(31)29-14-15-35-18-20-10-11-21(27)16-23(20)28/h4-13,16H,3,14-15,17-18H2,1-2H3,(H,29,31). The molecule has 0 saturated heterocycles. The van der Waals surface area contributed by atoms with Gasteiger partial charge in [0.1, 0.15) is 12.3 Å². The fraction of sp³-hybridized carbons (Fsp3) is 0.269. The first-order valence-corrected chi connectivity index (χ1v) is 14.7. The molecule has 0 radical (unpaired) electrons. The molecule has 0 saturated carbocycles. The lowest BCUT2D eigenvalue weighted by atomic mass is 10.2. The molecular weight excluding hydrogens is 539 g/mol. The van der Waals surface area contributed by atoms with Crippen LogP contribution in [0.4, 0.5) is 5.69 Å². The number of nitrogens with one attached hydrogen (secondary N) is 1. The van der Waals surface area contributed by atoms with E-state index in [1.165, 1.54) is 12.1 Å². The van der Waals surface area contributed by atoms with Gasteiger partial charge in [-0.1, -0.05) is 59.1 Å². The smallest absolute Gasteiger partial charge is 0.264 e. The minimum atomic E-state index is -4.02. The molecule has 3 aromatic carbocycles. The van der Waals surface area contributed by atoms with Crippen molar-refractivity contribution in [3.8, 4) is 5.75 Å². The van der Waals surface area contributed by atoms with Crippen molar-refractivity contribution in [2.24, 2.45) is 0 Å². The summed E-state index contributed by atoms with van der Waals surface area (Å²) < 4.78 is 33.9. The van der Waals surface area contributed by atoms with Crippen LogP contribution in [0.15, 0.2) is 71.6 Å². The number of thioether (sulfide) groups is 1. The van der Waals surface area contributed by atoms with Gasteiger partial charge < -0.3 is 10.1 Å². The van der Waals surface area contributed by atoms with E-state index in [0.717, 1.165) is 15.4 Å². The van der Waals surface area contributed by atoms with Crippen molar-refractivity contribution in [2.45, 2.75) is 24.5 Å². The quantitative estimate of drug-likeness (QED) is 0.274. The Hall–Kier alpha value is -2.39. The summed E-state index contributed by atoms with van der Waals surface area (Å²) >= 11 is 13.7. The van der Waals surface area contributed by atoms with Crippen LogP contribution in [-0.4, -0.2) is 39.8 Å². The van der Waals surface area contributed by atoms with Crippen LogP contribution in [0.3, 0.4) is 0 Å².